The number of para-hydroxylation sites is 1. The van der Waals surface area contributed by atoms with Crippen molar-refractivity contribution in [2.24, 2.45) is 11.8 Å². The highest BCUT2D eigenvalue weighted by atomic mass is 16.5. The number of fused-ring (bicyclic) bond motifs is 2. The Morgan fingerprint density at radius 2 is 1.72 bits per heavy atom. The smallest absolute Gasteiger partial charge is 0.308 e. The number of likely N-dealkylation sites (N-methyl/N-ethyl adjacent to an activating group) is 1. The summed E-state index contributed by atoms with van der Waals surface area (Å²) >= 11 is 0. The standard InChI is InChI=1S/C25H28N2O5/c1-25(2)19-10-6-7-11-20(19)26(3)21(25)14-16(28)15-32-22(29)12-13-27-23(30)17-8-4-5-9-18(17)24(27)31/h4-7,10-11,14,17-18H,8-9,12-13,15H2,1-3H3. The van der Waals surface area contributed by atoms with Crippen LogP contribution >= 0.6 is 0 Å². The molecule has 168 valence electrons. The van der Waals surface area contributed by atoms with Gasteiger partial charge in [-0.15, -0.1) is 0 Å². The molecule has 0 bridgehead atoms. The first-order valence-electron chi connectivity index (χ1n) is 11.0. The van der Waals surface area contributed by atoms with E-state index in [1.54, 1.807) is 0 Å². The number of imide groups is 1. The van der Waals surface area contributed by atoms with Crippen molar-refractivity contribution in [1.82, 2.24) is 4.90 Å². The lowest BCUT2D eigenvalue weighted by Gasteiger charge is -2.23. The van der Waals surface area contributed by atoms with E-state index in [9.17, 15) is 19.2 Å². The predicted octanol–water partition coefficient (Wildman–Crippen LogP) is 2.75. The second-order valence-electron chi connectivity index (χ2n) is 9.09. The first kappa shape index (κ1) is 22.0. The Morgan fingerprint density at radius 1 is 1.09 bits per heavy atom. The molecule has 1 aromatic carbocycles. The Bertz CT molecular complexity index is 1010. The number of anilines is 1. The number of carbonyl (C=O) groups excluding carboxylic acids is 4. The van der Waals surface area contributed by atoms with Crippen LogP contribution in [0.15, 0.2) is 48.2 Å². The van der Waals surface area contributed by atoms with Crippen LogP contribution in [0.1, 0.15) is 38.7 Å². The fourth-order valence-electron chi connectivity index (χ4n) is 4.97. The van der Waals surface area contributed by atoms with Crippen molar-refractivity contribution in [1.29, 1.82) is 0 Å². The first-order chi connectivity index (χ1) is 15.2. The number of hydrogen-bond donors (Lipinski definition) is 0. The summed E-state index contributed by atoms with van der Waals surface area (Å²) in [6.45, 7) is 3.72. The number of benzene rings is 1. The summed E-state index contributed by atoms with van der Waals surface area (Å²) < 4.78 is 5.13. The van der Waals surface area contributed by atoms with E-state index in [-0.39, 0.29) is 54.4 Å². The number of nitrogens with zero attached hydrogens (tertiary/aromatic N) is 2. The molecule has 3 aliphatic rings. The van der Waals surface area contributed by atoms with Crippen molar-refractivity contribution in [2.45, 2.75) is 38.5 Å². The summed E-state index contributed by atoms with van der Waals surface area (Å²) in [5, 5.41) is 0. The van der Waals surface area contributed by atoms with Crippen molar-refractivity contribution in [3.63, 3.8) is 0 Å². The second kappa shape index (κ2) is 8.37. The lowest BCUT2D eigenvalue weighted by molar-refractivity contribution is -0.148. The van der Waals surface area contributed by atoms with E-state index in [2.05, 4.69) is 13.8 Å². The number of rotatable bonds is 6. The molecule has 1 saturated heterocycles. The number of likely N-dealkylation sites (tertiary alicyclic amines) is 1. The summed E-state index contributed by atoms with van der Waals surface area (Å²) in [6.07, 6.45) is 6.38. The van der Waals surface area contributed by atoms with Gasteiger partial charge in [-0.2, -0.15) is 0 Å². The Kier molecular flexibility index (Phi) is 5.75. The molecule has 2 amide bonds. The highest BCUT2D eigenvalue weighted by Gasteiger charge is 2.47. The third kappa shape index (κ3) is 3.76. The van der Waals surface area contributed by atoms with Gasteiger partial charge in [0.15, 0.2) is 12.4 Å². The normalized spacial score (nSPS) is 24.7. The Morgan fingerprint density at radius 3 is 2.34 bits per heavy atom. The molecular formula is C25H28N2O5. The van der Waals surface area contributed by atoms with E-state index >= 15 is 0 Å². The molecule has 2 unspecified atom stereocenters. The average molecular weight is 437 g/mol. The van der Waals surface area contributed by atoms with Crippen LogP contribution in [0, 0.1) is 11.8 Å². The molecule has 0 N–H and O–H groups in total. The molecule has 1 aliphatic carbocycles. The third-order valence-electron chi connectivity index (χ3n) is 6.75. The Hall–Kier alpha value is -3.22. The maximum absolute atomic E-state index is 12.5. The summed E-state index contributed by atoms with van der Waals surface area (Å²) in [5.41, 5.74) is 2.68. The van der Waals surface area contributed by atoms with Gasteiger partial charge in [-0.1, -0.05) is 44.2 Å². The lowest BCUT2D eigenvalue weighted by atomic mass is 9.83. The van der Waals surface area contributed by atoms with E-state index in [1.807, 2.05) is 48.4 Å². The van der Waals surface area contributed by atoms with E-state index in [1.165, 1.54) is 11.0 Å². The number of carbonyl (C=O) groups is 4. The average Bonchev–Trinajstić information content (AvgIpc) is 3.14. The quantitative estimate of drug-likeness (QED) is 0.295. The van der Waals surface area contributed by atoms with Crippen LogP contribution < -0.4 is 4.90 Å². The van der Waals surface area contributed by atoms with Gasteiger partial charge < -0.3 is 9.64 Å². The molecule has 1 fully saturated rings. The largest absolute Gasteiger partial charge is 0.457 e. The fourth-order valence-corrected chi connectivity index (χ4v) is 4.97. The zero-order chi connectivity index (χ0) is 23.0. The zero-order valence-corrected chi connectivity index (χ0v) is 18.7. The predicted molar refractivity (Wildman–Crippen MR) is 119 cm³/mol. The Balaban J connectivity index is 1.31. The maximum atomic E-state index is 12.5. The van der Waals surface area contributed by atoms with Crippen molar-refractivity contribution >= 4 is 29.3 Å². The molecule has 7 nitrogen and oxygen atoms in total. The van der Waals surface area contributed by atoms with Crippen molar-refractivity contribution < 1.29 is 23.9 Å². The van der Waals surface area contributed by atoms with Gasteiger partial charge in [0.2, 0.25) is 11.8 Å². The molecule has 1 aromatic rings. The van der Waals surface area contributed by atoms with Gasteiger partial charge in [0.1, 0.15) is 0 Å². The van der Waals surface area contributed by atoms with Gasteiger partial charge in [-0.3, -0.25) is 24.1 Å². The number of amides is 2. The van der Waals surface area contributed by atoms with Gasteiger partial charge in [0.05, 0.1) is 18.3 Å². The van der Waals surface area contributed by atoms with E-state index in [0.29, 0.717) is 12.8 Å². The summed E-state index contributed by atoms with van der Waals surface area (Å²) in [6, 6.07) is 7.99. The highest BCUT2D eigenvalue weighted by Crippen LogP contribution is 2.46. The molecule has 0 radical (unpaired) electrons. The maximum Gasteiger partial charge on any atom is 0.308 e. The minimum atomic E-state index is -0.604. The number of ketones is 1. The van der Waals surface area contributed by atoms with E-state index in [0.717, 1.165) is 16.9 Å². The van der Waals surface area contributed by atoms with Crippen molar-refractivity contribution in [2.75, 3.05) is 25.1 Å². The molecule has 2 aliphatic heterocycles. The molecule has 2 heterocycles. The van der Waals surface area contributed by atoms with Crippen LogP contribution in [0.2, 0.25) is 0 Å². The molecule has 0 spiro atoms. The summed E-state index contributed by atoms with van der Waals surface area (Å²) in [7, 11) is 1.91. The lowest BCUT2D eigenvalue weighted by Crippen LogP contribution is -2.33. The van der Waals surface area contributed by atoms with Crippen LogP contribution in [0.25, 0.3) is 0 Å². The fraction of sp³-hybridized carbons (Fsp3) is 0.440. The number of allylic oxidation sites excluding steroid dienone is 3. The molecule has 4 rings (SSSR count). The van der Waals surface area contributed by atoms with Crippen LogP contribution in [-0.4, -0.2) is 48.7 Å². The van der Waals surface area contributed by atoms with Crippen LogP contribution in [0.4, 0.5) is 5.69 Å². The second-order valence-corrected chi connectivity index (χ2v) is 9.09. The molecule has 0 aromatic heterocycles. The van der Waals surface area contributed by atoms with Crippen LogP contribution in [-0.2, 0) is 29.3 Å². The van der Waals surface area contributed by atoms with Crippen LogP contribution in [0.5, 0.6) is 0 Å². The SMILES string of the molecule is CN1C(=CC(=O)COC(=O)CCN2C(=O)C3CC=CCC3C2=O)C(C)(C)c2ccccc21. The topological polar surface area (TPSA) is 84.0 Å². The Labute approximate surface area is 187 Å². The van der Waals surface area contributed by atoms with E-state index < -0.39 is 5.97 Å². The molecule has 0 saturated carbocycles. The first-order valence-corrected chi connectivity index (χ1v) is 11.0. The van der Waals surface area contributed by atoms with Gasteiger partial charge >= 0.3 is 5.97 Å². The molecule has 32 heavy (non-hydrogen) atoms. The van der Waals surface area contributed by atoms with Gasteiger partial charge in [0, 0.05) is 36.5 Å². The number of esters is 1. The molecule has 7 heteroatoms. The third-order valence-corrected chi connectivity index (χ3v) is 6.75. The van der Waals surface area contributed by atoms with Crippen LogP contribution in [0.3, 0.4) is 0 Å². The van der Waals surface area contributed by atoms with Gasteiger partial charge in [0.25, 0.3) is 0 Å². The summed E-state index contributed by atoms with van der Waals surface area (Å²) in [4.78, 5) is 52.8. The highest BCUT2D eigenvalue weighted by molar-refractivity contribution is 6.05. The minimum absolute atomic E-state index is 0.0101. The van der Waals surface area contributed by atoms with Crippen molar-refractivity contribution in [3.05, 3.63) is 53.8 Å². The summed E-state index contributed by atoms with van der Waals surface area (Å²) in [5.74, 6) is -1.98. The zero-order valence-electron chi connectivity index (χ0n) is 18.7. The number of ether oxygens (including phenoxy) is 1. The van der Waals surface area contributed by atoms with Crippen molar-refractivity contribution in [3.8, 4) is 0 Å². The minimum Gasteiger partial charge on any atom is -0.457 e. The van der Waals surface area contributed by atoms with Gasteiger partial charge in [-0.25, -0.2) is 0 Å². The number of hydrogen-bond acceptors (Lipinski definition) is 6. The van der Waals surface area contributed by atoms with E-state index in [4.69, 9.17) is 4.74 Å². The molecule has 2 atom stereocenters. The molecular weight excluding hydrogens is 408 g/mol. The monoisotopic (exact) mass is 436 g/mol. The van der Waals surface area contributed by atoms with Gasteiger partial charge in [-0.05, 0) is 24.5 Å².